The van der Waals surface area contributed by atoms with Gasteiger partial charge in [-0.05, 0) is 43.2 Å². The van der Waals surface area contributed by atoms with Gasteiger partial charge in [0.05, 0.1) is 25.1 Å². The van der Waals surface area contributed by atoms with Gasteiger partial charge < -0.3 is 14.2 Å². The molecule has 0 aliphatic carbocycles. The number of esters is 1. The summed E-state index contributed by atoms with van der Waals surface area (Å²) in [7, 11) is 1.34. The number of nitrogens with zero attached hydrogens (tertiary/aromatic N) is 1. The van der Waals surface area contributed by atoms with Crippen LogP contribution < -0.4 is 4.74 Å². The molecule has 0 saturated carbocycles. The highest BCUT2D eigenvalue weighted by atomic mass is 35.5. The minimum atomic E-state index is -1.11. The number of hydrogen-bond donors (Lipinski definition) is 1. The largest absolute Gasteiger partial charge is 0.489 e. The maximum Gasteiger partial charge on any atom is 0.337 e. The number of methoxy groups -OCH3 is 1. The van der Waals surface area contributed by atoms with Crippen LogP contribution in [0.15, 0.2) is 78.9 Å². The van der Waals surface area contributed by atoms with Gasteiger partial charge in [-0.25, -0.2) is 4.79 Å². The molecule has 0 unspecified atom stereocenters. The Balaban J connectivity index is 1.63. The first kappa shape index (κ1) is 25.5. The minimum absolute atomic E-state index is 0.128. The molecule has 4 aromatic rings. The predicted molar refractivity (Wildman–Crippen MR) is 140 cm³/mol. The Morgan fingerprint density at radius 1 is 0.972 bits per heavy atom. The summed E-state index contributed by atoms with van der Waals surface area (Å²) in [5.74, 6) is 0.299. The highest BCUT2D eigenvalue weighted by molar-refractivity contribution is 6.31. The number of aromatic amines is 1. The number of carbonyl (C=O) groups excluding carboxylic acids is 1. The summed E-state index contributed by atoms with van der Waals surface area (Å²) in [4.78, 5) is 12.1. The molecule has 6 nitrogen and oxygen atoms in total. The smallest absolute Gasteiger partial charge is 0.337 e. The van der Waals surface area contributed by atoms with Crippen LogP contribution in [0.1, 0.15) is 36.2 Å². The third-order valence-corrected chi connectivity index (χ3v) is 6.26. The van der Waals surface area contributed by atoms with Crippen LogP contribution >= 0.6 is 11.6 Å². The van der Waals surface area contributed by atoms with E-state index in [9.17, 15) is 4.79 Å². The minimum Gasteiger partial charge on any atom is -0.489 e. The van der Waals surface area contributed by atoms with Crippen molar-refractivity contribution in [2.24, 2.45) is 0 Å². The van der Waals surface area contributed by atoms with Crippen molar-refractivity contribution in [1.82, 2.24) is 10.2 Å². The van der Waals surface area contributed by atoms with Gasteiger partial charge in [0.25, 0.3) is 0 Å². The highest BCUT2D eigenvalue weighted by Crippen LogP contribution is 2.31. The molecule has 0 amide bonds. The zero-order valence-corrected chi connectivity index (χ0v) is 21.3. The SMILES string of the molecule is COC(=O)C(C)(C)OCc1n[nH]c(-c2cccc(OCc3ccccc3)c2)c1Cc1ccccc1Cl. The second-order valence-corrected chi connectivity index (χ2v) is 9.29. The van der Waals surface area contributed by atoms with E-state index in [-0.39, 0.29) is 6.61 Å². The van der Waals surface area contributed by atoms with Crippen LogP contribution in [-0.2, 0) is 33.9 Å². The average Bonchev–Trinajstić information content (AvgIpc) is 3.30. The lowest BCUT2D eigenvalue weighted by Gasteiger charge is -2.22. The number of H-pyrrole nitrogens is 1. The van der Waals surface area contributed by atoms with Crippen LogP contribution in [-0.4, -0.2) is 28.9 Å². The summed E-state index contributed by atoms with van der Waals surface area (Å²) >= 11 is 6.48. The van der Waals surface area contributed by atoms with Gasteiger partial charge in [-0.1, -0.05) is 72.3 Å². The van der Waals surface area contributed by atoms with Crippen molar-refractivity contribution in [2.75, 3.05) is 7.11 Å². The van der Waals surface area contributed by atoms with E-state index in [2.05, 4.69) is 10.2 Å². The molecule has 36 heavy (non-hydrogen) atoms. The Morgan fingerprint density at radius 2 is 1.72 bits per heavy atom. The summed E-state index contributed by atoms with van der Waals surface area (Å²) in [5.41, 5.74) is 4.34. The first-order valence-corrected chi connectivity index (χ1v) is 12.0. The van der Waals surface area contributed by atoms with Crippen LogP contribution in [0, 0.1) is 0 Å². The first-order valence-electron chi connectivity index (χ1n) is 11.7. The van der Waals surface area contributed by atoms with Gasteiger partial charge in [0.1, 0.15) is 12.4 Å². The summed E-state index contributed by atoms with van der Waals surface area (Å²) in [6, 6.07) is 25.6. The Hall–Kier alpha value is -3.61. The number of carbonyl (C=O) groups is 1. The Kier molecular flexibility index (Phi) is 8.08. The number of hydrogen-bond acceptors (Lipinski definition) is 5. The molecule has 0 fully saturated rings. The fourth-order valence-electron chi connectivity index (χ4n) is 3.82. The third-order valence-electron chi connectivity index (χ3n) is 5.90. The maximum absolute atomic E-state index is 12.1. The number of nitrogens with one attached hydrogen (secondary N) is 1. The summed E-state index contributed by atoms with van der Waals surface area (Å²) in [5, 5.41) is 8.38. The number of rotatable bonds is 10. The fourth-order valence-corrected chi connectivity index (χ4v) is 4.02. The van der Waals surface area contributed by atoms with Crippen molar-refractivity contribution in [3.63, 3.8) is 0 Å². The fraction of sp³-hybridized carbons (Fsp3) is 0.241. The standard InChI is InChI=1S/C29H29ClN2O4/c1-29(2,28(33)34-3)36-19-26-24(17-21-12-7-8-15-25(21)30)27(32-31-26)22-13-9-14-23(16-22)35-18-20-10-5-4-6-11-20/h4-16H,17-19H2,1-3H3,(H,31,32). The van der Waals surface area contributed by atoms with E-state index in [0.29, 0.717) is 23.7 Å². The van der Waals surface area contributed by atoms with Crippen molar-refractivity contribution in [3.05, 3.63) is 106 Å². The number of ether oxygens (including phenoxy) is 3. The van der Waals surface area contributed by atoms with Crippen molar-refractivity contribution >= 4 is 17.6 Å². The molecule has 0 aliphatic rings. The number of aromatic nitrogens is 2. The van der Waals surface area contributed by atoms with Crippen LogP contribution in [0.25, 0.3) is 11.3 Å². The molecule has 1 N–H and O–H groups in total. The van der Waals surface area contributed by atoms with Gasteiger partial charge in [-0.3, -0.25) is 5.10 Å². The Bertz CT molecular complexity index is 1320. The zero-order valence-electron chi connectivity index (χ0n) is 20.6. The first-order chi connectivity index (χ1) is 17.4. The molecule has 7 heteroatoms. The van der Waals surface area contributed by atoms with E-state index < -0.39 is 11.6 Å². The molecule has 0 radical (unpaired) electrons. The van der Waals surface area contributed by atoms with Crippen molar-refractivity contribution in [1.29, 1.82) is 0 Å². The topological polar surface area (TPSA) is 73.4 Å². The lowest BCUT2D eigenvalue weighted by Crippen LogP contribution is -2.36. The van der Waals surface area contributed by atoms with Gasteiger partial charge >= 0.3 is 5.97 Å². The van der Waals surface area contributed by atoms with Crippen molar-refractivity contribution < 1.29 is 19.0 Å². The second kappa shape index (κ2) is 11.4. The Labute approximate surface area is 216 Å². The van der Waals surface area contributed by atoms with Crippen LogP contribution in [0.5, 0.6) is 5.75 Å². The zero-order chi connectivity index (χ0) is 25.5. The van der Waals surface area contributed by atoms with Crippen molar-refractivity contribution in [3.8, 4) is 17.0 Å². The average molecular weight is 505 g/mol. The molecular weight excluding hydrogens is 476 g/mol. The highest BCUT2D eigenvalue weighted by Gasteiger charge is 2.30. The number of benzene rings is 3. The molecule has 0 spiro atoms. The lowest BCUT2D eigenvalue weighted by molar-refractivity contribution is -0.166. The molecule has 3 aromatic carbocycles. The summed E-state index contributed by atoms with van der Waals surface area (Å²) < 4.78 is 16.8. The molecule has 0 saturated heterocycles. The molecule has 0 aliphatic heterocycles. The molecule has 0 bridgehead atoms. The van der Waals surface area contributed by atoms with E-state index >= 15 is 0 Å². The monoisotopic (exact) mass is 504 g/mol. The normalized spacial score (nSPS) is 11.3. The quantitative estimate of drug-likeness (QED) is 0.254. The van der Waals surface area contributed by atoms with Gasteiger partial charge in [0.15, 0.2) is 5.60 Å². The predicted octanol–water partition coefficient (Wildman–Crippen LogP) is 6.37. The van der Waals surface area contributed by atoms with Crippen LogP contribution in [0.2, 0.25) is 5.02 Å². The van der Waals surface area contributed by atoms with E-state index in [1.165, 1.54) is 7.11 Å². The van der Waals surface area contributed by atoms with Gasteiger partial charge in [-0.2, -0.15) is 5.10 Å². The van der Waals surface area contributed by atoms with Crippen molar-refractivity contribution in [2.45, 2.75) is 39.1 Å². The third kappa shape index (κ3) is 6.14. The van der Waals surface area contributed by atoms with Gasteiger partial charge in [0.2, 0.25) is 0 Å². The maximum atomic E-state index is 12.1. The molecular formula is C29H29ClN2O4. The molecule has 1 aromatic heterocycles. The lowest BCUT2D eigenvalue weighted by atomic mass is 9.99. The molecule has 0 atom stereocenters. The Morgan fingerprint density at radius 3 is 2.47 bits per heavy atom. The van der Waals surface area contributed by atoms with E-state index in [0.717, 1.165) is 33.7 Å². The molecule has 4 rings (SSSR count). The summed E-state index contributed by atoms with van der Waals surface area (Å²) in [6.07, 6.45) is 0.540. The van der Waals surface area contributed by atoms with E-state index in [1.54, 1.807) is 13.8 Å². The molecule has 186 valence electrons. The summed E-state index contributed by atoms with van der Waals surface area (Å²) in [6.45, 7) is 3.95. The second-order valence-electron chi connectivity index (χ2n) is 8.88. The van der Waals surface area contributed by atoms with Gasteiger partial charge in [-0.15, -0.1) is 0 Å². The number of halogens is 1. The van der Waals surface area contributed by atoms with E-state index in [4.69, 9.17) is 25.8 Å². The van der Waals surface area contributed by atoms with E-state index in [1.807, 2.05) is 78.9 Å². The molecule has 1 heterocycles. The van der Waals surface area contributed by atoms with Crippen LogP contribution in [0.4, 0.5) is 0 Å². The van der Waals surface area contributed by atoms with Crippen LogP contribution in [0.3, 0.4) is 0 Å². The van der Waals surface area contributed by atoms with Gasteiger partial charge in [0, 0.05) is 22.6 Å².